The molecule has 9 nitrogen and oxygen atoms in total. The van der Waals surface area contributed by atoms with Crippen LogP contribution in [-0.4, -0.2) is 50.4 Å². The minimum Gasteiger partial charge on any atom is -0.466 e. The molecule has 12 heteroatoms. The first-order valence-electron chi connectivity index (χ1n) is 21.1. The number of benzene rings is 2. The summed E-state index contributed by atoms with van der Waals surface area (Å²) in [5, 5.41) is 16.9. The number of carbonyl (C=O) groups is 1. The number of esters is 1. The number of nitrogens with one attached hydrogen (secondary N) is 1. The Bertz CT molecular complexity index is 2130. The number of hydrogen-bond donors (Lipinski definition) is 1. The molecule has 3 aromatic rings. The van der Waals surface area contributed by atoms with E-state index >= 15 is 0 Å². The van der Waals surface area contributed by atoms with E-state index in [1.165, 1.54) is 106 Å². The summed E-state index contributed by atoms with van der Waals surface area (Å²) in [4.78, 5) is 32.1. The third kappa shape index (κ3) is 6.00. The Hall–Kier alpha value is -4.37. The number of allylic oxidation sites excluding steroid dienone is 1. The van der Waals surface area contributed by atoms with Crippen molar-refractivity contribution in [1.82, 2.24) is 19.7 Å². The zero-order valence-corrected chi connectivity index (χ0v) is 32.8. The van der Waals surface area contributed by atoms with Gasteiger partial charge in [-0.2, -0.15) is 18.4 Å². The van der Waals surface area contributed by atoms with Crippen molar-refractivity contribution in [2.75, 3.05) is 18.6 Å². The van der Waals surface area contributed by atoms with Gasteiger partial charge in [0.15, 0.2) is 0 Å². The van der Waals surface area contributed by atoms with Gasteiger partial charge in [-0.05, 0) is 180 Å². The van der Waals surface area contributed by atoms with Gasteiger partial charge in [0.05, 0.1) is 29.9 Å². The summed E-state index contributed by atoms with van der Waals surface area (Å²) in [6.45, 7) is 2.61. The van der Waals surface area contributed by atoms with Gasteiger partial charge in [-0.3, -0.25) is 9.80 Å². The van der Waals surface area contributed by atoms with Crippen molar-refractivity contribution in [3.63, 3.8) is 0 Å². The number of nitrogens with zero attached hydrogens (tertiary/aromatic N) is 5. The predicted octanol–water partition coefficient (Wildman–Crippen LogP) is 8.82. The highest BCUT2D eigenvalue weighted by molar-refractivity contribution is 5.93. The maximum atomic E-state index is 13.9. The molecule has 2 heterocycles. The van der Waals surface area contributed by atoms with Crippen LogP contribution < -0.4 is 10.6 Å². The second-order valence-electron chi connectivity index (χ2n) is 19.0. The first-order chi connectivity index (χ1) is 27.4. The number of alkyl halides is 3. The molecule has 8 saturated carbocycles. The lowest BCUT2D eigenvalue weighted by atomic mass is 9.48. The minimum absolute atomic E-state index is 0.0552. The molecule has 8 aliphatic carbocycles. The summed E-state index contributed by atoms with van der Waals surface area (Å²) in [7, 11) is 1.26. The summed E-state index contributed by atoms with van der Waals surface area (Å²) in [6.07, 6.45) is 13.2. The number of H-pyrrole nitrogens is 1. The fraction of sp³-hybridized carbons (Fsp3) is 0.600. The Labute approximate surface area is 331 Å². The Morgan fingerprint density at radius 2 is 1.51 bits per heavy atom. The summed E-state index contributed by atoms with van der Waals surface area (Å²) >= 11 is 0. The number of rotatable bonds is 9. The van der Waals surface area contributed by atoms with Crippen LogP contribution in [0.5, 0.6) is 0 Å². The Morgan fingerprint density at radius 1 is 0.930 bits per heavy atom. The summed E-state index contributed by atoms with van der Waals surface area (Å²) in [5.74, 6) is 4.36. The van der Waals surface area contributed by atoms with Crippen LogP contribution in [-0.2, 0) is 22.1 Å². The summed E-state index contributed by atoms with van der Waals surface area (Å²) < 4.78 is 48.4. The maximum absolute atomic E-state index is 13.9. The average Bonchev–Trinajstić information content (AvgIpc) is 3.54. The first kappa shape index (κ1) is 36.9. The lowest BCUT2D eigenvalue weighted by Gasteiger charge is -2.69. The molecule has 2 aromatic carbocycles. The number of nitriles is 1. The number of methoxy groups -OCH3 is 1. The topological polar surface area (TPSA) is 107 Å². The van der Waals surface area contributed by atoms with E-state index in [4.69, 9.17) is 4.74 Å². The van der Waals surface area contributed by atoms with Gasteiger partial charge in [0.25, 0.3) is 0 Å². The monoisotopic (exact) mass is 780 g/mol. The van der Waals surface area contributed by atoms with Crippen LogP contribution in [0.4, 0.5) is 24.8 Å². The predicted molar refractivity (Wildman–Crippen MR) is 207 cm³/mol. The number of anilines is 2. The van der Waals surface area contributed by atoms with Crippen molar-refractivity contribution in [2.24, 2.45) is 35.5 Å². The molecular weight excluding hydrogens is 730 g/mol. The Morgan fingerprint density at radius 3 is 2.04 bits per heavy atom. The normalized spacial score (nSPS) is 33.6. The van der Waals surface area contributed by atoms with Gasteiger partial charge >= 0.3 is 17.8 Å². The molecule has 0 unspecified atom stereocenters. The number of ether oxygens (including phenoxy) is 1. The van der Waals surface area contributed by atoms with Crippen molar-refractivity contribution < 1.29 is 22.7 Å². The number of halogens is 3. The number of fused-ring (bicyclic) bond motifs is 1. The molecule has 57 heavy (non-hydrogen) atoms. The van der Waals surface area contributed by atoms with Crippen LogP contribution in [0, 0.1) is 46.8 Å². The molecule has 9 aliphatic rings. The van der Waals surface area contributed by atoms with Crippen molar-refractivity contribution >= 4 is 17.6 Å². The SMILES string of the molecule is COC(=O)C1=C(C)N(c2cccc(C(F)(F)F)c2)c2n[nH]c(=O)n2[C@@H]1c1ccc(C#N)cc1CCCN(C12CC3CC(CC(C3)C1)C2)C12CC3CC(CC(C3)C1)C2. The number of aryl methyl sites for hydroxylation is 1. The number of aromatic nitrogens is 3. The number of carbonyl (C=O) groups excluding carboxylic acids is 1. The van der Waals surface area contributed by atoms with Gasteiger partial charge in [0.2, 0.25) is 5.95 Å². The van der Waals surface area contributed by atoms with Crippen molar-refractivity contribution in [2.45, 2.75) is 120 Å². The standard InChI is InChI=1S/C45H51F3N6O3/c1-26-38(40(55)57-2)39(54-41(50-51-42(54)56)53(26)36-7-3-6-35(18-36)45(46,47)48)37-9-8-27(25-49)17-34(37)5-4-10-52(43-19-28-11-29(20-43)13-30(12-28)21-43)44-22-31-14-32(23-44)16-33(15-31)24-44/h3,6-9,17-18,28-33,39H,4-5,10-16,19-24H2,1-2H3,(H,51,56)/t28?,29?,30?,31?,32?,33?,39-,43?,44?/m1/s1. The number of aromatic amines is 1. The van der Waals surface area contributed by atoms with Crippen LogP contribution in [0.15, 0.2) is 58.5 Å². The lowest BCUT2D eigenvalue weighted by Crippen LogP contribution is -2.70. The molecule has 1 aliphatic heterocycles. The molecule has 1 N–H and O–H groups in total. The highest BCUT2D eigenvalue weighted by atomic mass is 19.4. The Kier molecular flexibility index (Phi) is 8.64. The van der Waals surface area contributed by atoms with E-state index in [0.717, 1.165) is 66.2 Å². The molecular formula is C45H51F3N6O3. The van der Waals surface area contributed by atoms with Crippen molar-refractivity contribution in [1.29, 1.82) is 5.26 Å². The van der Waals surface area contributed by atoms with E-state index in [-0.39, 0.29) is 28.3 Å². The average molecular weight is 781 g/mol. The van der Waals surface area contributed by atoms with Crippen molar-refractivity contribution in [3.05, 3.63) is 86.5 Å². The highest BCUT2D eigenvalue weighted by Gasteiger charge is 2.61. The Balaban J connectivity index is 1.03. The van der Waals surface area contributed by atoms with Gasteiger partial charge in [-0.1, -0.05) is 12.1 Å². The smallest absolute Gasteiger partial charge is 0.416 e. The molecule has 8 bridgehead atoms. The molecule has 8 fully saturated rings. The van der Waals surface area contributed by atoms with E-state index < -0.39 is 29.4 Å². The fourth-order valence-corrected chi connectivity index (χ4v) is 14.4. The lowest BCUT2D eigenvalue weighted by molar-refractivity contribution is -0.178. The quantitative estimate of drug-likeness (QED) is 0.216. The first-order valence-corrected chi connectivity index (χ1v) is 21.1. The third-order valence-electron chi connectivity index (χ3n) is 15.5. The zero-order valence-electron chi connectivity index (χ0n) is 32.8. The van der Waals surface area contributed by atoms with E-state index in [1.54, 1.807) is 13.0 Å². The third-order valence-corrected chi connectivity index (χ3v) is 15.5. The van der Waals surface area contributed by atoms with E-state index in [9.17, 15) is 28.0 Å². The summed E-state index contributed by atoms with van der Waals surface area (Å²) in [5.41, 5.74) is 1.52. The van der Waals surface area contributed by atoms with E-state index in [1.807, 2.05) is 12.1 Å². The second kappa shape index (κ2) is 13.3. The molecule has 0 spiro atoms. The van der Waals surface area contributed by atoms with Crippen LogP contribution in [0.3, 0.4) is 0 Å². The molecule has 300 valence electrons. The zero-order chi connectivity index (χ0) is 39.4. The summed E-state index contributed by atoms with van der Waals surface area (Å²) in [6, 6.07) is 11.4. The van der Waals surface area contributed by atoms with Crippen LogP contribution in [0.2, 0.25) is 0 Å². The largest absolute Gasteiger partial charge is 0.466 e. The van der Waals surface area contributed by atoms with Crippen molar-refractivity contribution in [3.8, 4) is 6.07 Å². The van der Waals surface area contributed by atoms with Crippen LogP contribution in [0.25, 0.3) is 0 Å². The molecule has 0 radical (unpaired) electrons. The van der Waals surface area contributed by atoms with Gasteiger partial charge < -0.3 is 4.74 Å². The number of hydrogen-bond acceptors (Lipinski definition) is 7. The van der Waals surface area contributed by atoms with Gasteiger partial charge in [0, 0.05) is 22.5 Å². The molecule has 0 saturated heterocycles. The molecule has 1 atom stereocenters. The van der Waals surface area contributed by atoms with Crippen LogP contribution in [0.1, 0.15) is 119 Å². The second-order valence-corrected chi connectivity index (χ2v) is 19.0. The van der Waals surface area contributed by atoms with Gasteiger partial charge in [0.1, 0.15) is 6.04 Å². The molecule has 1 aromatic heterocycles. The maximum Gasteiger partial charge on any atom is 0.416 e. The van der Waals surface area contributed by atoms with E-state index in [0.29, 0.717) is 23.2 Å². The highest BCUT2D eigenvalue weighted by Crippen LogP contribution is 2.64. The van der Waals surface area contributed by atoms with E-state index in [2.05, 4.69) is 21.2 Å². The minimum atomic E-state index is -4.61. The molecule has 0 amide bonds. The fourth-order valence-electron chi connectivity index (χ4n) is 14.4. The molecule has 12 rings (SSSR count). The van der Waals surface area contributed by atoms with Gasteiger partial charge in [-0.15, -0.1) is 5.10 Å². The van der Waals surface area contributed by atoms with Gasteiger partial charge in [-0.25, -0.2) is 19.3 Å². The van der Waals surface area contributed by atoms with Crippen LogP contribution >= 0.6 is 0 Å².